The predicted octanol–water partition coefficient (Wildman–Crippen LogP) is 3.12. The molecule has 0 atom stereocenters. The van der Waals surface area contributed by atoms with Crippen LogP contribution in [0.2, 0.25) is 0 Å². The summed E-state index contributed by atoms with van der Waals surface area (Å²) in [6.45, 7) is 6.08. The van der Waals surface area contributed by atoms with Gasteiger partial charge in [-0.25, -0.2) is 5.43 Å². The van der Waals surface area contributed by atoms with Gasteiger partial charge in [-0.05, 0) is 79.4 Å². The Morgan fingerprint density at radius 3 is 2.37 bits per heavy atom. The van der Waals surface area contributed by atoms with Gasteiger partial charge in [-0.1, -0.05) is 23.8 Å². The van der Waals surface area contributed by atoms with Gasteiger partial charge >= 0.3 is 11.8 Å². The SMILES string of the molecule is Cc1cc(C)c(NC(=O)COc2ccc(/C=N\NC(=O)C(=O)NCc3ccc4c(c3)OCO4)cc2)c(C)c1. The largest absolute Gasteiger partial charge is 0.484 e. The summed E-state index contributed by atoms with van der Waals surface area (Å²) in [5.41, 5.74) is 7.53. The lowest BCUT2D eigenvalue weighted by molar-refractivity contribution is -0.139. The number of carbonyl (C=O) groups excluding carboxylic acids is 3. The first-order valence-corrected chi connectivity index (χ1v) is 11.9. The summed E-state index contributed by atoms with van der Waals surface area (Å²) in [6.07, 6.45) is 1.39. The molecule has 3 aromatic rings. The molecule has 10 heteroatoms. The quantitative estimate of drug-likeness (QED) is 0.240. The van der Waals surface area contributed by atoms with Crippen molar-refractivity contribution in [3.8, 4) is 17.2 Å². The van der Waals surface area contributed by atoms with Crippen molar-refractivity contribution in [2.24, 2.45) is 5.10 Å². The van der Waals surface area contributed by atoms with E-state index in [0.717, 1.165) is 27.9 Å². The first-order chi connectivity index (χ1) is 18.3. The Kier molecular flexibility index (Phi) is 8.22. The average Bonchev–Trinajstić information content (AvgIpc) is 3.37. The van der Waals surface area contributed by atoms with Gasteiger partial charge in [0.25, 0.3) is 5.91 Å². The number of carbonyl (C=O) groups is 3. The van der Waals surface area contributed by atoms with Crippen LogP contribution in [-0.2, 0) is 20.9 Å². The smallest absolute Gasteiger partial charge is 0.329 e. The van der Waals surface area contributed by atoms with Crippen molar-refractivity contribution >= 4 is 29.6 Å². The van der Waals surface area contributed by atoms with E-state index >= 15 is 0 Å². The van der Waals surface area contributed by atoms with E-state index < -0.39 is 11.8 Å². The highest BCUT2D eigenvalue weighted by Gasteiger charge is 2.15. The topological polar surface area (TPSA) is 127 Å². The molecule has 38 heavy (non-hydrogen) atoms. The molecule has 0 radical (unpaired) electrons. The second-order valence-corrected chi connectivity index (χ2v) is 8.75. The standard InChI is InChI=1S/C28H28N4O6/c1-17-10-18(2)26(19(3)11-17)31-25(33)15-36-22-7-4-20(5-8-22)14-30-32-28(35)27(34)29-13-21-6-9-23-24(12-21)38-16-37-23/h4-12,14H,13,15-16H2,1-3H3,(H,29,34)(H,31,33)(H,32,35)/b30-14-. The Labute approximate surface area is 220 Å². The Morgan fingerprint density at radius 1 is 0.921 bits per heavy atom. The zero-order valence-electron chi connectivity index (χ0n) is 21.3. The second kappa shape index (κ2) is 11.9. The minimum Gasteiger partial charge on any atom is -0.484 e. The van der Waals surface area contributed by atoms with Gasteiger partial charge in [-0.3, -0.25) is 14.4 Å². The number of nitrogens with one attached hydrogen (secondary N) is 3. The number of aryl methyl sites for hydroxylation is 3. The predicted molar refractivity (Wildman–Crippen MR) is 141 cm³/mol. The number of hydrazone groups is 1. The number of anilines is 1. The lowest BCUT2D eigenvalue weighted by Gasteiger charge is -2.13. The molecule has 0 aromatic heterocycles. The molecule has 0 spiro atoms. The van der Waals surface area contributed by atoms with Crippen molar-refractivity contribution in [2.75, 3.05) is 18.7 Å². The number of hydrogen-bond donors (Lipinski definition) is 3. The van der Waals surface area contributed by atoms with Crippen LogP contribution in [0.1, 0.15) is 27.8 Å². The Morgan fingerprint density at radius 2 is 1.63 bits per heavy atom. The van der Waals surface area contributed by atoms with Crippen molar-refractivity contribution in [1.29, 1.82) is 0 Å². The summed E-state index contributed by atoms with van der Waals surface area (Å²) in [6, 6.07) is 16.0. The first kappa shape index (κ1) is 26.2. The molecule has 0 bridgehead atoms. The summed E-state index contributed by atoms with van der Waals surface area (Å²) in [7, 11) is 0. The molecule has 1 aliphatic heterocycles. The molecule has 0 saturated heterocycles. The van der Waals surface area contributed by atoms with Gasteiger partial charge in [0.05, 0.1) is 6.21 Å². The van der Waals surface area contributed by atoms with E-state index in [0.29, 0.717) is 22.8 Å². The number of hydrogen-bond acceptors (Lipinski definition) is 7. The lowest BCUT2D eigenvalue weighted by Crippen LogP contribution is -2.37. The normalized spacial score (nSPS) is 11.8. The van der Waals surface area contributed by atoms with Crippen molar-refractivity contribution in [2.45, 2.75) is 27.3 Å². The number of amides is 3. The highest BCUT2D eigenvalue weighted by Crippen LogP contribution is 2.32. The minimum atomic E-state index is -0.896. The van der Waals surface area contributed by atoms with Gasteiger partial charge in [0.15, 0.2) is 18.1 Å². The van der Waals surface area contributed by atoms with Gasteiger partial charge in [0.2, 0.25) is 6.79 Å². The molecule has 3 aromatic carbocycles. The van der Waals surface area contributed by atoms with E-state index in [4.69, 9.17) is 14.2 Å². The summed E-state index contributed by atoms with van der Waals surface area (Å²) >= 11 is 0. The van der Waals surface area contributed by atoms with E-state index in [1.54, 1.807) is 42.5 Å². The lowest BCUT2D eigenvalue weighted by atomic mass is 10.1. The van der Waals surface area contributed by atoms with Crippen LogP contribution in [0.25, 0.3) is 0 Å². The number of ether oxygens (including phenoxy) is 3. The molecule has 0 unspecified atom stereocenters. The van der Waals surface area contributed by atoms with Crippen LogP contribution in [0.4, 0.5) is 5.69 Å². The van der Waals surface area contributed by atoms with Crippen LogP contribution in [-0.4, -0.2) is 37.3 Å². The maximum absolute atomic E-state index is 12.3. The third-order valence-electron chi connectivity index (χ3n) is 5.67. The zero-order chi connectivity index (χ0) is 27.1. The number of benzene rings is 3. The Balaban J connectivity index is 1.19. The molecule has 1 heterocycles. The van der Waals surface area contributed by atoms with Crippen molar-refractivity contribution in [3.63, 3.8) is 0 Å². The molecule has 4 rings (SSSR count). The van der Waals surface area contributed by atoms with Crippen LogP contribution < -0.4 is 30.3 Å². The Hall–Kier alpha value is -4.86. The summed E-state index contributed by atoms with van der Waals surface area (Å²) in [5.74, 6) is -0.241. The Bertz CT molecular complexity index is 1360. The van der Waals surface area contributed by atoms with E-state index in [9.17, 15) is 14.4 Å². The van der Waals surface area contributed by atoms with Gasteiger partial charge in [0, 0.05) is 12.2 Å². The third kappa shape index (κ3) is 6.88. The van der Waals surface area contributed by atoms with Crippen LogP contribution in [0.3, 0.4) is 0 Å². The fourth-order valence-corrected chi connectivity index (χ4v) is 3.88. The van der Waals surface area contributed by atoms with Crippen LogP contribution in [0.5, 0.6) is 17.2 Å². The molecular formula is C28H28N4O6. The van der Waals surface area contributed by atoms with E-state index in [-0.39, 0.29) is 25.9 Å². The van der Waals surface area contributed by atoms with Gasteiger partial charge in [0.1, 0.15) is 5.75 Å². The van der Waals surface area contributed by atoms with Crippen molar-refractivity contribution in [1.82, 2.24) is 10.7 Å². The van der Waals surface area contributed by atoms with Gasteiger partial charge in [-0.15, -0.1) is 0 Å². The highest BCUT2D eigenvalue weighted by molar-refractivity contribution is 6.35. The first-order valence-electron chi connectivity index (χ1n) is 11.9. The molecule has 3 amide bonds. The van der Waals surface area contributed by atoms with Gasteiger partial charge in [-0.2, -0.15) is 5.10 Å². The average molecular weight is 517 g/mol. The minimum absolute atomic E-state index is 0.141. The molecule has 0 saturated carbocycles. The van der Waals surface area contributed by atoms with E-state index in [2.05, 4.69) is 21.2 Å². The summed E-state index contributed by atoms with van der Waals surface area (Å²) < 4.78 is 16.1. The number of nitrogens with zero attached hydrogens (tertiary/aromatic N) is 1. The molecular weight excluding hydrogens is 488 g/mol. The molecule has 1 aliphatic rings. The summed E-state index contributed by atoms with van der Waals surface area (Å²) in [5, 5.41) is 9.23. The third-order valence-corrected chi connectivity index (χ3v) is 5.67. The maximum atomic E-state index is 12.3. The molecule has 3 N–H and O–H groups in total. The van der Waals surface area contributed by atoms with Crippen LogP contribution >= 0.6 is 0 Å². The van der Waals surface area contributed by atoms with Crippen LogP contribution in [0.15, 0.2) is 59.7 Å². The monoisotopic (exact) mass is 516 g/mol. The van der Waals surface area contributed by atoms with Crippen molar-refractivity contribution < 1.29 is 28.6 Å². The summed E-state index contributed by atoms with van der Waals surface area (Å²) in [4.78, 5) is 36.4. The fraction of sp³-hybridized carbons (Fsp3) is 0.214. The second-order valence-electron chi connectivity index (χ2n) is 8.75. The molecule has 0 aliphatic carbocycles. The van der Waals surface area contributed by atoms with Crippen molar-refractivity contribution in [3.05, 3.63) is 82.4 Å². The number of fused-ring (bicyclic) bond motifs is 1. The molecule has 10 nitrogen and oxygen atoms in total. The van der Waals surface area contributed by atoms with E-state index in [1.165, 1.54) is 6.21 Å². The van der Waals surface area contributed by atoms with Crippen LogP contribution in [0, 0.1) is 20.8 Å². The molecule has 196 valence electrons. The fourth-order valence-electron chi connectivity index (χ4n) is 3.88. The molecule has 0 fully saturated rings. The highest BCUT2D eigenvalue weighted by atomic mass is 16.7. The van der Waals surface area contributed by atoms with E-state index in [1.807, 2.05) is 32.9 Å². The zero-order valence-corrected chi connectivity index (χ0v) is 21.3. The number of rotatable bonds is 8. The van der Waals surface area contributed by atoms with Gasteiger partial charge < -0.3 is 24.8 Å². The maximum Gasteiger partial charge on any atom is 0.329 e.